The second-order valence-electron chi connectivity index (χ2n) is 3.51. The second-order valence-corrected chi connectivity index (χ2v) is 4.30. The van der Waals surface area contributed by atoms with Gasteiger partial charge in [0.25, 0.3) is 0 Å². The van der Waals surface area contributed by atoms with E-state index in [1.165, 1.54) is 0 Å². The molecule has 0 amide bonds. The van der Waals surface area contributed by atoms with Gasteiger partial charge < -0.3 is 10.8 Å². The predicted molar refractivity (Wildman–Crippen MR) is 62.9 cm³/mol. The van der Waals surface area contributed by atoms with E-state index in [0.29, 0.717) is 6.54 Å². The van der Waals surface area contributed by atoms with Gasteiger partial charge in [0.1, 0.15) is 0 Å². The molecule has 1 atom stereocenters. The van der Waals surface area contributed by atoms with Gasteiger partial charge in [0.05, 0.1) is 6.42 Å². The highest BCUT2D eigenvalue weighted by Gasteiger charge is 2.16. The number of carboxylic acids is 1. The molecule has 4 heteroatoms. The maximum atomic E-state index is 10.7. The summed E-state index contributed by atoms with van der Waals surface area (Å²) in [6.07, 6.45) is 0.0680. The first-order valence-electron chi connectivity index (χ1n) is 4.73. The van der Waals surface area contributed by atoms with Crippen LogP contribution in [0.2, 0.25) is 0 Å². The zero-order valence-electron chi connectivity index (χ0n) is 8.53. The van der Waals surface area contributed by atoms with E-state index in [2.05, 4.69) is 15.9 Å². The molecule has 0 heterocycles. The fourth-order valence-corrected chi connectivity index (χ4v) is 2.10. The van der Waals surface area contributed by atoms with E-state index in [1.807, 2.05) is 25.1 Å². The van der Waals surface area contributed by atoms with E-state index in [-0.39, 0.29) is 12.3 Å². The molecular formula is C11H14BrNO2. The molecule has 3 nitrogen and oxygen atoms in total. The molecule has 1 rings (SSSR count). The second kappa shape index (κ2) is 5.28. The highest BCUT2D eigenvalue weighted by atomic mass is 79.9. The normalized spacial score (nSPS) is 12.5. The largest absolute Gasteiger partial charge is 0.481 e. The number of carboxylic acid groups (broad SMARTS) is 1. The van der Waals surface area contributed by atoms with E-state index >= 15 is 0 Å². The van der Waals surface area contributed by atoms with Crippen LogP contribution in [-0.4, -0.2) is 17.6 Å². The molecule has 15 heavy (non-hydrogen) atoms. The number of nitrogens with two attached hydrogens (primary N) is 1. The van der Waals surface area contributed by atoms with Crippen LogP contribution in [0.5, 0.6) is 0 Å². The van der Waals surface area contributed by atoms with Crippen LogP contribution in [0, 0.1) is 6.92 Å². The molecule has 0 saturated carbocycles. The molecule has 1 unspecified atom stereocenters. The highest BCUT2D eigenvalue weighted by molar-refractivity contribution is 9.10. The number of rotatable bonds is 4. The maximum absolute atomic E-state index is 10.7. The van der Waals surface area contributed by atoms with Gasteiger partial charge in [0.2, 0.25) is 0 Å². The van der Waals surface area contributed by atoms with Gasteiger partial charge in [-0.3, -0.25) is 4.79 Å². The maximum Gasteiger partial charge on any atom is 0.304 e. The predicted octanol–water partition coefficient (Wildman–Crippen LogP) is 2.27. The molecule has 0 saturated heterocycles. The number of aryl methyl sites for hydroxylation is 1. The summed E-state index contributed by atoms with van der Waals surface area (Å²) >= 11 is 3.46. The monoisotopic (exact) mass is 271 g/mol. The number of hydrogen-bond acceptors (Lipinski definition) is 2. The molecule has 1 aromatic rings. The third kappa shape index (κ3) is 3.04. The molecule has 0 aliphatic heterocycles. The van der Waals surface area contributed by atoms with Gasteiger partial charge in [-0.05, 0) is 24.6 Å². The summed E-state index contributed by atoms with van der Waals surface area (Å²) in [6, 6.07) is 5.80. The number of carbonyl (C=O) groups is 1. The Morgan fingerprint density at radius 1 is 1.60 bits per heavy atom. The third-order valence-corrected chi connectivity index (χ3v) is 3.45. The standard InChI is InChI=1S/C11H14BrNO2/c1-7-3-2-4-9(11(7)12)8(6-13)5-10(14)15/h2-4,8H,5-6,13H2,1H3,(H,14,15). The van der Waals surface area contributed by atoms with Crippen LogP contribution in [0.25, 0.3) is 0 Å². The number of hydrogen-bond donors (Lipinski definition) is 2. The molecule has 0 bridgehead atoms. The van der Waals surface area contributed by atoms with Crippen molar-refractivity contribution in [2.24, 2.45) is 5.73 Å². The fraction of sp³-hybridized carbons (Fsp3) is 0.364. The Morgan fingerprint density at radius 2 is 2.27 bits per heavy atom. The minimum absolute atomic E-state index is 0.0680. The van der Waals surface area contributed by atoms with Gasteiger partial charge in [-0.2, -0.15) is 0 Å². The molecule has 82 valence electrons. The van der Waals surface area contributed by atoms with Crippen LogP contribution in [0.4, 0.5) is 0 Å². The lowest BCUT2D eigenvalue weighted by Crippen LogP contribution is -2.16. The number of benzene rings is 1. The van der Waals surface area contributed by atoms with Crippen molar-refractivity contribution in [3.05, 3.63) is 33.8 Å². The van der Waals surface area contributed by atoms with Crippen molar-refractivity contribution in [1.29, 1.82) is 0 Å². The highest BCUT2D eigenvalue weighted by Crippen LogP contribution is 2.29. The van der Waals surface area contributed by atoms with Crippen molar-refractivity contribution in [1.82, 2.24) is 0 Å². The van der Waals surface area contributed by atoms with Gasteiger partial charge >= 0.3 is 5.97 Å². The van der Waals surface area contributed by atoms with Gasteiger partial charge in [0, 0.05) is 10.4 Å². The lowest BCUT2D eigenvalue weighted by Gasteiger charge is -2.15. The first-order chi connectivity index (χ1) is 7.06. The van der Waals surface area contributed by atoms with Crippen molar-refractivity contribution in [3.8, 4) is 0 Å². The Kier molecular flexibility index (Phi) is 4.29. The molecule has 0 fully saturated rings. The number of aliphatic carboxylic acids is 1. The lowest BCUT2D eigenvalue weighted by molar-refractivity contribution is -0.137. The molecular weight excluding hydrogens is 258 g/mol. The minimum atomic E-state index is -0.821. The topological polar surface area (TPSA) is 63.3 Å². The van der Waals surface area contributed by atoms with Crippen LogP contribution in [-0.2, 0) is 4.79 Å². The van der Waals surface area contributed by atoms with E-state index < -0.39 is 5.97 Å². The Bertz CT molecular complexity index is 366. The zero-order valence-corrected chi connectivity index (χ0v) is 10.1. The van der Waals surface area contributed by atoms with Gasteiger partial charge in [0.15, 0.2) is 0 Å². The Balaban J connectivity index is 3.01. The van der Waals surface area contributed by atoms with E-state index in [4.69, 9.17) is 10.8 Å². The van der Waals surface area contributed by atoms with Crippen molar-refractivity contribution in [2.45, 2.75) is 19.3 Å². The fourth-order valence-electron chi connectivity index (χ4n) is 1.52. The molecule has 3 N–H and O–H groups in total. The van der Waals surface area contributed by atoms with Crippen molar-refractivity contribution >= 4 is 21.9 Å². The SMILES string of the molecule is Cc1cccc(C(CN)CC(=O)O)c1Br. The number of halogens is 1. The molecule has 0 radical (unpaired) electrons. The summed E-state index contributed by atoms with van der Waals surface area (Å²) in [5.41, 5.74) is 7.65. The Morgan fingerprint density at radius 3 is 2.80 bits per heavy atom. The molecule has 1 aromatic carbocycles. The minimum Gasteiger partial charge on any atom is -0.481 e. The van der Waals surface area contributed by atoms with Crippen LogP contribution >= 0.6 is 15.9 Å². The van der Waals surface area contributed by atoms with Crippen molar-refractivity contribution < 1.29 is 9.90 Å². The van der Waals surface area contributed by atoms with Crippen molar-refractivity contribution in [2.75, 3.05) is 6.54 Å². The molecule has 0 aliphatic rings. The average Bonchev–Trinajstić information content (AvgIpc) is 2.19. The van der Waals surface area contributed by atoms with E-state index in [1.54, 1.807) is 0 Å². The van der Waals surface area contributed by atoms with E-state index in [0.717, 1.165) is 15.6 Å². The van der Waals surface area contributed by atoms with Gasteiger partial charge in [-0.25, -0.2) is 0 Å². The smallest absolute Gasteiger partial charge is 0.304 e. The van der Waals surface area contributed by atoms with Crippen molar-refractivity contribution in [3.63, 3.8) is 0 Å². The summed E-state index contributed by atoms with van der Waals surface area (Å²) in [7, 11) is 0. The van der Waals surface area contributed by atoms with Crippen LogP contribution in [0.1, 0.15) is 23.5 Å². The molecule has 0 spiro atoms. The first-order valence-corrected chi connectivity index (χ1v) is 5.52. The summed E-state index contributed by atoms with van der Waals surface area (Å²) in [4.78, 5) is 10.7. The Labute approximate surface area is 97.4 Å². The first kappa shape index (κ1) is 12.2. The summed E-state index contributed by atoms with van der Waals surface area (Å²) < 4.78 is 0.960. The Hall–Kier alpha value is -0.870. The van der Waals surface area contributed by atoms with Crippen LogP contribution in [0.3, 0.4) is 0 Å². The quantitative estimate of drug-likeness (QED) is 0.883. The summed E-state index contributed by atoms with van der Waals surface area (Å²) in [5, 5.41) is 8.77. The van der Waals surface area contributed by atoms with Gasteiger partial charge in [-0.1, -0.05) is 34.1 Å². The third-order valence-electron chi connectivity index (χ3n) is 2.37. The molecule has 0 aliphatic carbocycles. The zero-order chi connectivity index (χ0) is 11.4. The van der Waals surface area contributed by atoms with E-state index in [9.17, 15) is 4.79 Å². The lowest BCUT2D eigenvalue weighted by atomic mass is 9.94. The van der Waals surface area contributed by atoms with Gasteiger partial charge in [-0.15, -0.1) is 0 Å². The molecule has 0 aromatic heterocycles. The van der Waals surface area contributed by atoms with Crippen LogP contribution < -0.4 is 5.73 Å². The average molecular weight is 272 g/mol. The summed E-state index contributed by atoms with van der Waals surface area (Å²) in [5.74, 6) is -0.948. The summed E-state index contributed by atoms with van der Waals surface area (Å²) in [6.45, 7) is 2.32. The van der Waals surface area contributed by atoms with Crippen LogP contribution in [0.15, 0.2) is 22.7 Å².